The van der Waals surface area contributed by atoms with Crippen molar-refractivity contribution >= 4 is 47.2 Å². The minimum absolute atomic E-state index is 0. The Morgan fingerprint density at radius 2 is 1.92 bits per heavy atom. The largest absolute Gasteiger partial charge is 0.357 e. The molecule has 6 nitrogen and oxygen atoms in total. The fourth-order valence-electron chi connectivity index (χ4n) is 2.17. The molecule has 0 aliphatic carbocycles. The van der Waals surface area contributed by atoms with E-state index in [2.05, 4.69) is 32.9 Å². The molecule has 0 spiro atoms. The van der Waals surface area contributed by atoms with Gasteiger partial charge in [-0.25, -0.2) is 9.98 Å². The Bertz CT molecular complexity index is 715. The van der Waals surface area contributed by atoms with Gasteiger partial charge in [-0.3, -0.25) is 4.79 Å². The number of aliphatic imine (C=N–C) groups is 1. The summed E-state index contributed by atoms with van der Waals surface area (Å²) < 4.78 is 0. The van der Waals surface area contributed by atoms with E-state index in [1.54, 1.807) is 18.4 Å². The molecule has 0 saturated heterocycles. The van der Waals surface area contributed by atoms with Crippen molar-refractivity contribution in [3.05, 3.63) is 51.5 Å². The molecule has 2 rings (SSSR count). The van der Waals surface area contributed by atoms with Crippen LogP contribution in [0.4, 0.5) is 0 Å². The van der Waals surface area contributed by atoms with E-state index in [1.165, 1.54) is 4.88 Å². The molecular formula is C18H26IN5OS. The SMILES string of the molecule is CCNC(=NCc1ccc(C(=O)NC)cc1)NCc1ncc(CC)s1.I. The zero-order valence-corrected chi connectivity index (χ0v) is 18.5. The van der Waals surface area contributed by atoms with Gasteiger partial charge in [0.15, 0.2) is 5.96 Å². The molecule has 0 atom stereocenters. The van der Waals surface area contributed by atoms with Crippen LogP contribution in [0.15, 0.2) is 35.5 Å². The summed E-state index contributed by atoms with van der Waals surface area (Å²) in [6, 6.07) is 7.47. The van der Waals surface area contributed by atoms with Crippen molar-refractivity contribution in [3.8, 4) is 0 Å². The summed E-state index contributed by atoms with van der Waals surface area (Å²) in [6.45, 7) is 6.16. The quantitative estimate of drug-likeness (QED) is 0.319. The molecule has 0 saturated carbocycles. The highest BCUT2D eigenvalue weighted by atomic mass is 127. The Morgan fingerprint density at radius 3 is 2.50 bits per heavy atom. The van der Waals surface area contributed by atoms with E-state index >= 15 is 0 Å². The smallest absolute Gasteiger partial charge is 0.251 e. The maximum atomic E-state index is 11.6. The van der Waals surface area contributed by atoms with Crippen LogP contribution < -0.4 is 16.0 Å². The van der Waals surface area contributed by atoms with E-state index < -0.39 is 0 Å². The second kappa shape index (κ2) is 11.8. The number of thiazole rings is 1. The monoisotopic (exact) mass is 487 g/mol. The number of nitrogens with one attached hydrogen (secondary N) is 3. The molecule has 0 bridgehead atoms. The number of aromatic nitrogens is 1. The third-order valence-electron chi connectivity index (χ3n) is 3.56. The van der Waals surface area contributed by atoms with Crippen LogP contribution in [0, 0.1) is 0 Å². The molecule has 0 aliphatic heterocycles. The number of guanidine groups is 1. The Labute approximate surface area is 175 Å². The van der Waals surface area contributed by atoms with Crippen LogP contribution in [0.25, 0.3) is 0 Å². The standard InChI is InChI=1S/C18H25N5OS.HI/c1-4-15-11-21-16(25-15)12-23-18(20-5-2)22-10-13-6-8-14(9-7-13)17(24)19-3;/h6-9,11H,4-5,10,12H2,1-3H3,(H,19,24)(H2,20,22,23);1H. The van der Waals surface area contributed by atoms with Crippen LogP contribution in [0.5, 0.6) is 0 Å². The Balaban J connectivity index is 0.00000338. The van der Waals surface area contributed by atoms with Gasteiger partial charge in [-0.1, -0.05) is 19.1 Å². The molecule has 0 unspecified atom stereocenters. The van der Waals surface area contributed by atoms with Crippen LogP contribution in [0.2, 0.25) is 0 Å². The lowest BCUT2D eigenvalue weighted by atomic mass is 10.1. The minimum Gasteiger partial charge on any atom is -0.357 e. The average molecular weight is 487 g/mol. The molecule has 26 heavy (non-hydrogen) atoms. The van der Waals surface area contributed by atoms with E-state index in [1.807, 2.05) is 37.4 Å². The first-order valence-electron chi connectivity index (χ1n) is 8.43. The minimum atomic E-state index is -0.0834. The lowest BCUT2D eigenvalue weighted by molar-refractivity contribution is 0.0963. The van der Waals surface area contributed by atoms with Crippen LogP contribution in [-0.2, 0) is 19.5 Å². The van der Waals surface area contributed by atoms with E-state index in [0.717, 1.165) is 29.5 Å². The highest BCUT2D eigenvalue weighted by molar-refractivity contribution is 14.0. The third kappa shape index (κ3) is 6.91. The Kier molecular flexibility index (Phi) is 10.2. The zero-order valence-electron chi connectivity index (χ0n) is 15.3. The molecular weight excluding hydrogens is 461 g/mol. The van der Waals surface area contributed by atoms with Gasteiger partial charge in [0.25, 0.3) is 5.91 Å². The summed E-state index contributed by atoms with van der Waals surface area (Å²) >= 11 is 1.72. The van der Waals surface area contributed by atoms with E-state index in [0.29, 0.717) is 18.7 Å². The first-order chi connectivity index (χ1) is 12.2. The van der Waals surface area contributed by atoms with Gasteiger partial charge in [0.05, 0.1) is 13.1 Å². The van der Waals surface area contributed by atoms with Crippen LogP contribution in [-0.4, -0.2) is 30.4 Å². The van der Waals surface area contributed by atoms with Crippen molar-refractivity contribution in [2.75, 3.05) is 13.6 Å². The van der Waals surface area contributed by atoms with Gasteiger partial charge in [-0.2, -0.15) is 0 Å². The summed E-state index contributed by atoms with van der Waals surface area (Å²) in [5, 5.41) is 10.2. The number of hydrogen-bond acceptors (Lipinski definition) is 4. The van der Waals surface area contributed by atoms with Crippen molar-refractivity contribution in [2.45, 2.75) is 33.4 Å². The van der Waals surface area contributed by atoms with Gasteiger partial charge in [0, 0.05) is 30.2 Å². The van der Waals surface area contributed by atoms with Crippen molar-refractivity contribution in [2.24, 2.45) is 4.99 Å². The van der Waals surface area contributed by atoms with Gasteiger partial charge in [-0.05, 0) is 31.0 Å². The third-order valence-corrected chi connectivity index (χ3v) is 4.71. The average Bonchev–Trinajstić information content (AvgIpc) is 3.12. The summed E-state index contributed by atoms with van der Waals surface area (Å²) in [6.07, 6.45) is 2.94. The maximum Gasteiger partial charge on any atom is 0.251 e. The molecule has 3 N–H and O–H groups in total. The van der Waals surface area contributed by atoms with E-state index in [9.17, 15) is 4.79 Å². The van der Waals surface area contributed by atoms with Crippen LogP contribution in [0.3, 0.4) is 0 Å². The zero-order chi connectivity index (χ0) is 18.1. The van der Waals surface area contributed by atoms with Crippen molar-refractivity contribution in [1.82, 2.24) is 20.9 Å². The second-order valence-electron chi connectivity index (χ2n) is 5.40. The summed E-state index contributed by atoms with van der Waals surface area (Å²) in [5.41, 5.74) is 1.70. The number of carbonyl (C=O) groups excluding carboxylic acids is 1. The fraction of sp³-hybridized carbons (Fsp3) is 0.389. The number of carbonyl (C=O) groups is 1. The molecule has 0 radical (unpaired) electrons. The van der Waals surface area contributed by atoms with Crippen molar-refractivity contribution in [1.29, 1.82) is 0 Å². The highest BCUT2D eigenvalue weighted by Crippen LogP contribution is 2.12. The predicted octanol–water partition coefficient (Wildman–Crippen LogP) is 2.94. The van der Waals surface area contributed by atoms with Gasteiger partial charge in [0.2, 0.25) is 0 Å². The number of nitrogens with zero attached hydrogens (tertiary/aromatic N) is 2. The normalized spacial score (nSPS) is 10.8. The number of rotatable bonds is 7. The molecule has 1 heterocycles. The lowest BCUT2D eigenvalue weighted by Gasteiger charge is -2.10. The second-order valence-corrected chi connectivity index (χ2v) is 6.60. The van der Waals surface area contributed by atoms with Gasteiger partial charge in [0.1, 0.15) is 5.01 Å². The number of aryl methyl sites for hydroxylation is 1. The number of benzene rings is 1. The highest BCUT2D eigenvalue weighted by Gasteiger charge is 2.04. The Morgan fingerprint density at radius 1 is 1.19 bits per heavy atom. The molecule has 1 aromatic carbocycles. The first-order valence-corrected chi connectivity index (χ1v) is 9.24. The Hall–Kier alpha value is -1.68. The van der Waals surface area contributed by atoms with E-state index in [-0.39, 0.29) is 29.9 Å². The molecule has 0 aliphatic rings. The molecule has 0 fully saturated rings. The summed E-state index contributed by atoms with van der Waals surface area (Å²) in [5.74, 6) is 0.672. The molecule has 142 valence electrons. The maximum absolute atomic E-state index is 11.6. The van der Waals surface area contributed by atoms with Gasteiger partial charge >= 0.3 is 0 Å². The van der Waals surface area contributed by atoms with Gasteiger partial charge < -0.3 is 16.0 Å². The molecule has 8 heteroatoms. The van der Waals surface area contributed by atoms with Crippen LogP contribution >= 0.6 is 35.3 Å². The molecule has 1 amide bonds. The van der Waals surface area contributed by atoms with Crippen molar-refractivity contribution in [3.63, 3.8) is 0 Å². The fourth-order valence-corrected chi connectivity index (χ4v) is 2.97. The molecule has 2 aromatic rings. The molecule has 1 aromatic heterocycles. The number of amides is 1. The van der Waals surface area contributed by atoms with Crippen molar-refractivity contribution < 1.29 is 4.79 Å². The summed E-state index contributed by atoms with van der Waals surface area (Å²) in [4.78, 5) is 21.8. The van der Waals surface area contributed by atoms with Gasteiger partial charge in [-0.15, -0.1) is 35.3 Å². The topological polar surface area (TPSA) is 78.4 Å². The lowest BCUT2D eigenvalue weighted by Crippen LogP contribution is -2.36. The van der Waals surface area contributed by atoms with Crippen LogP contribution in [0.1, 0.15) is 39.7 Å². The predicted molar refractivity (Wildman–Crippen MR) is 118 cm³/mol. The van der Waals surface area contributed by atoms with E-state index in [4.69, 9.17) is 0 Å². The number of hydrogen-bond donors (Lipinski definition) is 3. The number of halogens is 1. The summed E-state index contributed by atoms with van der Waals surface area (Å²) in [7, 11) is 1.63. The first kappa shape index (κ1) is 22.4.